The predicted octanol–water partition coefficient (Wildman–Crippen LogP) is 2.74. The number of carbonyl (C=O) groups excluding carboxylic acids is 2. The third-order valence-corrected chi connectivity index (χ3v) is 3.56. The fourth-order valence-corrected chi connectivity index (χ4v) is 2.39. The van der Waals surface area contributed by atoms with Gasteiger partial charge in [-0.15, -0.1) is 10.2 Å². The van der Waals surface area contributed by atoms with Crippen molar-refractivity contribution in [2.45, 2.75) is 39.4 Å². The number of nitrogens with zero attached hydrogens (tertiary/aromatic N) is 3. The van der Waals surface area contributed by atoms with Crippen molar-refractivity contribution in [3.63, 3.8) is 0 Å². The molecule has 28 heavy (non-hydrogen) atoms. The van der Waals surface area contributed by atoms with Gasteiger partial charge in [0.05, 0.1) is 6.04 Å². The van der Waals surface area contributed by atoms with Crippen LogP contribution in [0.25, 0.3) is 0 Å². The number of aromatic nitrogens is 3. The molecule has 0 radical (unpaired) electrons. The Morgan fingerprint density at radius 2 is 1.93 bits per heavy atom. The van der Waals surface area contributed by atoms with Gasteiger partial charge in [0.15, 0.2) is 12.3 Å². The van der Waals surface area contributed by atoms with Gasteiger partial charge < -0.3 is 10.1 Å². The van der Waals surface area contributed by atoms with Crippen molar-refractivity contribution >= 4 is 11.7 Å². The Balaban J connectivity index is 2.04. The maximum atomic E-state index is 12.3. The molecule has 1 N–H and O–H groups in total. The van der Waals surface area contributed by atoms with E-state index in [2.05, 4.69) is 25.2 Å². The second kappa shape index (κ2) is 8.77. The molecule has 0 aliphatic heterocycles. The lowest BCUT2D eigenvalue weighted by atomic mass is 10.1. The van der Waals surface area contributed by atoms with E-state index >= 15 is 0 Å². The van der Waals surface area contributed by atoms with Gasteiger partial charge >= 0.3 is 6.18 Å². The third kappa shape index (κ3) is 6.60. The molecule has 0 saturated heterocycles. The van der Waals surface area contributed by atoms with Crippen molar-refractivity contribution < 1.29 is 27.5 Å². The third-order valence-electron chi connectivity index (χ3n) is 3.56. The van der Waals surface area contributed by atoms with Crippen LogP contribution < -0.4 is 10.1 Å². The largest absolute Gasteiger partial charge is 0.467 e. The minimum atomic E-state index is -4.49. The van der Waals surface area contributed by atoms with Crippen LogP contribution in [-0.4, -0.2) is 39.7 Å². The summed E-state index contributed by atoms with van der Waals surface area (Å²) in [4.78, 5) is 27.9. The number of alkyl halides is 3. The monoisotopic (exact) mass is 396 g/mol. The molecule has 2 rings (SSSR count). The number of hydrogen-bond acceptors (Lipinski definition) is 6. The first-order valence-corrected chi connectivity index (χ1v) is 8.34. The lowest BCUT2D eigenvalue weighted by Gasteiger charge is -2.15. The highest BCUT2D eigenvalue weighted by Gasteiger charge is 2.28. The van der Waals surface area contributed by atoms with Crippen LogP contribution in [0.2, 0.25) is 0 Å². The quantitative estimate of drug-likeness (QED) is 0.774. The standard InChI is InChI=1S/C18H19F3N4O3/c1-10-6-13(8-14(22-10)7-11(2)26)12(3)23-17(27)15-4-5-16(25-24-15)28-9-18(19,20)21/h4-6,8,12H,7,9H2,1-3H3,(H,23,27). The molecule has 2 heterocycles. The van der Waals surface area contributed by atoms with Crippen LogP contribution in [0.15, 0.2) is 24.3 Å². The molecule has 0 saturated carbocycles. The van der Waals surface area contributed by atoms with Crippen LogP contribution in [0.1, 0.15) is 47.3 Å². The van der Waals surface area contributed by atoms with Crippen molar-refractivity contribution in [2.24, 2.45) is 0 Å². The number of ketones is 1. The summed E-state index contributed by atoms with van der Waals surface area (Å²) in [5.41, 5.74) is 2.01. The molecule has 0 fully saturated rings. The maximum absolute atomic E-state index is 12.3. The molecule has 1 atom stereocenters. The van der Waals surface area contributed by atoms with Gasteiger partial charge in [0.2, 0.25) is 5.88 Å². The molecule has 2 aromatic rings. The van der Waals surface area contributed by atoms with Crippen molar-refractivity contribution in [1.29, 1.82) is 0 Å². The number of halogens is 3. The first-order chi connectivity index (χ1) is 13.0. The van der Waals surface area contributed by atoms with E-state index in [1.807, 2.05) is 0 Å². The first kappa shape index (κ1) is 21.3. The molecular weight excluding hydrogens is 377 g/mol. The highest BCUT2D eigenvalue weighted by molar-refractivity contribution is 5.92. The summed E-state index contributed by atoms with van der Waals surface area (Å²) in [6.07, 6.45) is -4.29. The second-order valence-corrected chi connectivity index (χ2v) is 6.27. The fraction of sp³-hybridized carbons (Fsp3) is 0.389. The first-order valence-electron chi connectivity index (χ1n) is 8.34. The van der Waals surface area contributed by atoms with E-state index in [1.54, 1.807) is 26.0 Å². The smallest absolute Gasteiger partial charge is 0.422 e. The zero-order valence-corrected chi connectivity index (χ0v) is 15.5. The molecule has 0 aliphatic carbocycles. The molecule has 150 valence electrons. The van der Waals surface area contributed by atoms with Gasteiger partial charge in [-0.1, -0.05) is 0 Å². The predicted molar refractivity (Wildman–Crippen MR) is 92.8 cm³/mol. The van der Waals surface area contributed by atoms with Crippen LogP contribution in [-0.2, 0) is 11.2 Å². The molecule has 2 aromatic heterocycles. The molecule has 7 nitrogen and oxygen atoms in total. The molecule has 0 spiro atoms. The van der Waals surface area contributed by atoms with E-state index in [1.165, 1.54) is 13.0 Å². The number of nitrogens with one attached hydrogen (secondary N) is 1. The van der Waals surface area contributed by atoms with Gasteiger partial charge in [0, 0.05) is 23.9 Å². The number of amides is 1. The molecule has 1 amide bonds. The van der Waals surface area contributed by atoms with Gasteiger partial charge in [0.25, 0.3) is 5.91 Å². The van der Waals surface area contributed by atoms with Crippen molar-refractivity contribution in [3.8, 4) is 5.88 Å². The van der Waals surface area contributed by atoms with Crippen molar-refractivity contribution in [1.82, 2.24) is 20.5 Å². The Labute approximate surface area is 159 Å². The van der Waals surface area contributed by atoms with Crippen molar-refractivity contribution in [3.05, 3.63) is 46.9 Å². The Morgan fingerprint density at radius 1 is 1.21 bits per heavy atom. The topological polar surface area (TPSA) is 94.1 Å². The van der Waals surface area contributed by atoms with Gasteiger partial charge in [-0.2, -0.15) is 13.2 Å². The summed E-state index contributed by atoms with van der Waals surface area (Å²) in [6, 6.07) is 5.47. The number of carbonyl (C=O) groups is 2. The molecule has 0 aromatic carbocycles. The van der Waals surface area contributed by atoms with E-state index in [0.717, 1.165) is 11.6 Å². The molecule has 1 unspecified atom stereocenters. The van der Waals surface area contributed by atoms with E-state index < -0.39 is 24.7 Å². The summed E-state index contributed by atoms with van der Waals surface area (Å²) < 4.78 is 40.8. The molecule has 0 aliphatic rings. The van der Waals surface area contributed by atoms with E-state index in [9.17, 15) is 22.8 Å². The Bertz CT molecular complexity index is 854. The zero-order chi connectivity index (χ0) is 20.9. The van der Waals surface area contributed by atoms with Gasteiger partial charge in [0.1, 0.15) is 5.78 Å². The van der Waals surface area contributed by atoms with E-state index in [4.69, 9.17) is 0 Å². The molecule has 0 bridgehead atoms. The fourth-order valence-electron chi connectivity index (χ4n) is 2.39. The second-order valence-electron chi connectivity index (χ2n) is 6.27. The SMILES string of the molecule is CC(=O)Cc1cc(C(C)NC(=O)c2ccc(OCC(F)(F)F)nn2)cc(C)n1. The molecular formula is C18H19F3N4O3. The zero-order valence-electron chi connectivity index (χ0n) is 15.5. The molecule has 10 heteroatoms. The number of Topliss-reactive ketones (excluding diaryl/α,β-unsaturated/α-hetero) is 1. The van der Waals surface area contributed by atoms with Gasteiger partial charge in [-0.25, -0.2) is 0 Å². The summed E-state index contributed by atoms with van der Waals surface area (Å²) >= 11 is 0. The Morgan fingerprint density at radius 3 is 2.50 bits per heavy atom. The van der Waals surface area contributed by atoms with Crippen LogP contribution in [0.5, 0.6) is 5.88 Å². The minimum Gasteiger partial charge on any atom is -0.467 e. The summed E-state index contributed by atoms with van der Waals surface area (Å²) in [7, 11) is 0. The Kier molecular flexibility index (Phi) is 6.66. The highest BCUT2D eigenvalue weighted by atomic mass is 19.4. The van der Waals surface area contributed by atoms with Gasteiger partial charge in [-0.05, 0) is 44.5 Å². The number of hydrogen-bond donors (Lipinski definition) is 1. The highest BCUT2D eigenvalue weighted by Crippen LogP contribution is 2.18. The number of rotatable bonds is 7. The summed E-state index contributed by atoms with van der Waals surface area (Å²) in [5.74, 6) is -0.908. The lowest BCUT2D eigenvalue weighted by molar-refractivity contribution is -0.154. The lowest BCUT2D eigenvalue weighted by Crippen LogP contribution is -2.28. The average Bonchev–Trinajstić information content (AvgIpc) is 2.58. The van der Waals surface area contributed by atoms with Crippen LogP contribution in [0, 0.1) is 6.92 Å². The van der Waals surface area contributed by atoms with E-state index in [0.29, 0.717) is 11.4 Å². The number of aryl methyl sites for hydroxylation is 1. The minimum absolute atomic E-state index is 0.0242. The van der Waals surface area contributed by atoms with Crippen LogP contribution in [0.3, 0.4) is 0 Å². The van der Waals surface area contributed by atoms with Crippen LogP contribution in [0.4, 0.5) is 13.2 Å². The summed E-state index contributed by atoms with van der Waals surface area (Å²) in [5, 5.41) is 9.77. The Hall–Kier alpha value is -3.04. The van der Waals surface area contributed by atoms with Crippen molar-refractivity contribution in [2.75, 3.05) is 6.61 Å². The number of ether oxygens (including phenoxy) is 1. The number of pyridine rings is 1. The van der Waals surface area contributed by atoms with E-state index in [-0.39, 0.29) is 23.8 Å². The van der Waals surface area contributed by atoms with Crippen LogP contribution >= 0.6 is 0 Å². The normalized spacial score (nSPS) is 12.4. The summed E-state index contributed by atoms with van der Waals surface area (Å²) in [6.45, 7) is 3.51. The maximum Gasteiger partial charge on any atom is 0.422 e. The average molecular weight is 396 g/mol. The van der Waals surface area contributed by atoms with Gasteiger partial charge in [-0.3, -0.25) is 14.6 Å².